The lowest BCUT2D eigenvalue weighted by atomic mass is 10.2. The van der Waals surface area contributed by atoms with Crippen LogP contribution in [0, 0.1) is 0 Å². The molecule has 0 spiro atoms. The van der Waals surface area contributed by atoms with Crippen LogP contribution < -0.4 is 15.2 Å². The third-order valence-electron chi connectivity index (χ3n) is 2.85. The van der Waals surface area contributed by atoms with E-state index in [1.807, 2.05) is 62.4 Å². The average Bonchev–Trinajstić information content (AvgIpc) is 2.51. The molecular weight excluding hydrogens is 264 g/mol. The molecule has 0 saturated carbocycles. The Labute approximate surface area is 125 Å². The molecule has 2 aromatic carbocycles. The molecule has 0 aliphatic carbocycles. The number of nitrogens with two attached hydrogens (primary N) is 1. The quantitative estimate of drug-likeness (QED) is 0.652. The lowest BCUT2D eigenvalue weighted by molar-refractivity contribution is 0.331. The van der Waals surface area contributed by atoms with Crippen molar-refractivity contribution < 1.29 is 9.47 Å². The Bertz CT molecular complexity index is 609. The summed E-state index contributed by atoms with van der Waals surface area (Å²) in [5.74, 6) is 1.89. The van der Waals surface area contributed by atoms with Crippen molar-refractivity contribution in [1.29, 1.82) is 0 Å². The summed E-state index contributed by atoms with van der Waals surface area (Å²) in [6.07, 6.45) is 0. The third-order valence-corrected chi connectivity index (χ3v) is 2.85. The Morgan fingerprint density at radius 3 is 2.38 bits per heavy atom. The lowest BCUT2D eigenvalue weighted by Crippen LogP contribution is -2.12. The highest BCUT2D eigenvalue weighted by molar-refractivity contribution is 5.99. The van der Waals surface area contributed by atoms with Crippen molar-refractivity contribution in [3.63, 3.8) is 0 Å². The monoisotopic (exact) mass is 284 g/mol. The maximum atomic E-state index is 6.07. The van der Waals surface area contributed by atoms with Crippen LogP contribution in [-0.2, 0) is 0 Å². The van der Waals surface area contributed by atoms with Gasteiger partial charge in [0.25, 0.3) is 0 Å². The second kappa shape index (κ2) is 7.33. The van der Waals surface area contributed by atoms with E-state index in [4.69, 9.17) is 15.2 Å². The summed E-state index contributed by atoms with van der Waals surface area (Å²) in [5, 5.41) is 0. The highest BCUT2D eigenvalue weighted by Crippen LogP contribution is 2.32. The first-order valence-electron chi connectivity index (χ1n) is 7.03. The van der Waals surface area contributed by atoms with Crippen LogP contribution in [0.15, 0.2) is 53.5 Å². The van der Waals surface area contributed by atoms with Crippen LogP contribution >= 0.6 is 0 Å². The van der Waals surface area contributed by atoms with Gasteiger partial charge in [-0.3, -0.25) is 0 Å². The zero-order valence-electron chi connectivity index (χ0n) is 12.4. The van der Waals surface area contributed by atoms with Crippen LogP contribution in [0.25, 0.3) is 0 Å². The molecule has 0 radical (unpaired) electrons. The normalized spacial score (nSPS) is 11.2. The minimum absolute atomic E-state index is 0.449. The number of amidine groups is 1. The molecule has 0 amide bonds. The number of rotatable bonds is 6. The molecular formula is C17H20N2O2. The molecule has 2 rings (SSSR count). The van der Waals surface area contributed by atoms with Crippen LogP contribution in [0.5, 0.6) is 11.5 Å². The van der Waals surface area contributed by atoms with Gasteiger partial charge in [0.2, 0.25) is 0 Å². The Balaban J connectivity index is 2.37. The molecule has 110 valence electrons. The van der Waals surface area contributed by atoms with E-state index < -0.39 is 0 Å². The lowest BCUT2D eigenvalue weighted by Gasteiger charge is -2.10. The van der Waals surface area contributed by atoms with Crippen molar-refractivity contribution in [2.45, 2.75) is 13.8 Å². The summed E-state index contributed by atoms with van der Waals surface area (Å²) < 4.78 is 11.1. The van der Waals surface area contributed by atoms with Gasteiger partial charge in [-0.15, -0.1) is 0 Å². The largest absolute Gasteiger partial charge is 0.494 e. The summed E-state index contributed by atoms with van der Waals surface area (Å²) in [5.41, 5.74) is 7.62. The number of aliphatic imine (C=N–C) groups is 1. The maximum Gasteiger partial charge on any atom is 0.145 e. The second-order valence-electron chi connectivity index (χ2n) is 4.36. The van der Waals surface area contributed by atoms with Gasteiger partial charge >= 0.3 is 0 Å². The van der Waals surface area contributed by atoms with Gasteiger partial charge in [-0.25, -0.2) is 4.99 Å². The molecule has 0 aliphatic heterocycles. The van der Waals surface area contributed by atoms with Crippen LogP contribution in [-0.4, -0.2) is 19.0 Å². The van der Waals surface area contributed by atoms with Gasteiger partial charge in [0.15, 0.2) is 0 Å². The van der Waals surface area contributed by atoms with Gasteiger partial charge in [0.05, 0.1) is 13.2 Å². The summed E-state index contributed by atoms with van der Waals surface area (Å²) in [6.45, 7) is 5.05. The highest BCUT2D eigenvalue weighted by Gasteiger charge is 2.07. The van der Waals surface area contributed by atoms with Gasteiger partial charge in [0, 0.05) is 11.6 Å². The Morgan fingerprint density at radius 1 is 1.00 bits per heavy atom. The minimum atomic E-state index is 0.449. The third kappa shape index (κ3) is 3.99. The molecule has 0 fully saturated rings. The molecule has 0 heterocycles. The van der Waals surface area contributed by atoms with E-state index >= 15 is 0 Å². The predicted molar refractivity (Wildman–Crippen MR) is 85.6 cm³/mol. The molecule has 0 saturated heterocycles. The summed E-state index contributed by atoms with van der Waals surface area (Å²) in [7, 11) is 0. The fourth-order valence-electron chi connectivity index (χ4n) is 1.92. The molecule has 4 heteroatoms. The van der Waals surface area contributed by atoms with Crippen LogP contribution in [0.4, 0.5) is 5.69 Å². The molecule has 0 aliphatic rings. The maximum absolute atomic E-state index is 6.07. The average molecular weight is 284 g/mol. The van der Waals surface area contributed by atoms with Crippen molar-refractivity contribution in [3.05, 3.63) is 54.1 Å². The second-order valence-corrected chi connectivity index (χ2v) is 4.36. The van der Waals surface area contributed by atoms with Crippen molar-refractivity contribution in [1.82, 2.24) is 0 Å². The summed E-state index contributed by atoms with van der Waals surface area (Å²) in [4.78, 5) is 4.48. The van der Waals surface area contributed by atoms with Crippen LogP contribution in [0.2, 0.25) is 0 Å². The van der Waals surface area contributed by atoms with Gasteiger partial charge < -0.3 is 15.2 Å². The highest BCUT2D eigenvalue weighted by atomic mass is 16.5. The molecule has 4 nitrogen and oxygen atoms in total. The molecule has 21 heavy (non-hydrogen) atoms. The number of ether oxygens (including phenoxy) is 2. The Hall–Kier alpha value is -2.49. The van der Waals surface area contributed by atoms with Crippen molar-refractivity contribution >= 4 is 11.5 Å². The van der Waals surface area contributed by atoms with Gasteiger partial charge in [-0.05, 0) is 26.0 Å². The first-order chi connectivity index (χ1) is 10.2. The Morgan fingerprint density at radius 2 is 1.71 bits per heavy atom. The topological polar surface area (TPSA) is 56.8 Å². The molecule has 2 aromatic rings. The molecule has 0 bridgehead atoms. The fraction of sp³-hybridized carbons (Fsp3) is 0.235. The van der Waals surface area contributed by atoms with E-state index in [0.29, 0.717) is 30.5 Å². The van der Waals surface area contributed by atoms with E-state index in [-0.39, 0.29) is 0 Å². The molecule has 2 N–H and O–H groups in total. The summed E-state index contributed by atoms with van der Waals surface area (Å²) >= 11 is 0. The van der Waals surface area contributed by atoms with E-state index in [2.05, 4.69) is 4.99 Å². The Kier molecular flexibility index (Phi) is 5.21. The van der Waals surface area contributed by atoms with Crippen LogP contribution in [0.3, 0.4) is 0 Å². The van der Waals surface area contributed by atoms with Crippen molar-refractivity contribution in [3.8, 4) is 11.5 Å². The van der Waals surface area contributed by atoms with Gasteiger partial charge in [0.1, 0.15) is 23.0 Å². The number of hydrogen-bond donors (Lipinski definition) is 1. The van der Waals surface area contributed by atoms with E-state index in [1.54, 1.807) is 0 Å². The van der Waals surface area contributed by atoms with Gasteiger partial charge in [-0.2, -0.15) is 0 Å². The zero-order chi connectivity index (χ0) is 15.1. The zero-order valence-corrected chi connectivity index (χ0v) is 12.4. The minimum Gasteiger partial charge on any atom is -0.494 e. The first-order valence-corrected chi connectivity index (χ1v) is 7.03. The number of nitrogens with zero attached hydrogens (tertiary/aromatic N) is 1. The van der Waals surface area contributed by atoms with Crippen molar-refractivity contribution in [2.24, 2.45) is 10.7 Å². The number of benzene rings is 2. The van der Waals surface area contributed by atoms with E-state index in [9.17, 15) is 0 Å². The van der Waals surface area contributed by atoms with Crippen LogP contribution in [0.1, 0.15) is 19.4 Å². The fourth-order valence-corrected chi connectivity index (χ4v) is 1.92. The van der Waals surface area contributed by atoms with E-state index in [0.717, 1.165) is 11.3 Å². The molecule has 0 aromatic heterocycles. The smallest absolute Gasteiger partial charge is 0.145 e. The molecule has 0 atom stereocenters. The van der Waals surface area contributed by atoms with Crippen molar-refractivity contribution in [2.75, 3.05) is 13.2 Å². The summed E-state index contributed by atoms with van der Waals surface area (Å²) in [6, 6.07) is 15.2. The SMILES string of the molecule is CCOc1ccc(OCC)c(N=C(N)c2ccccc2)c1. The van der Waals surface area contributed by atoms with Gasteiger partial charge in [-0.1, -0.05) is 30.3 Å². The van der Waals surface area contributed by atoms with E-state index in [1.165, 1.54) is 0 Å². The first kappa shape index (κ1) is 14.9. The number of hydrogen-bond acceptors (Lipinski definition) is 3. The predicted octanol–water partition coefficient (Wildman–Crippen LogP) is 3.52. The molecule has 0 unspecified atom stereocenters. The standard InChI is InChI=1S/C17H20N2O2/c1-3-20-14-10-11-16(21-4-2)15(12-14)19-17(18)13-8-6-5-7-9-13/h5-12H,3-4H2,1-2H3,(H2,18,19).